The molecule has 2 N–H and O–H groups in total. The lowest BCUT2D eigenvalue weighted by molar-refractivity contribution is 0.176. The fourth-order valence-corrected chi connectivity index (χ4v) is 3.70. The summed E-state index contributed by atoms with van der Waals surface area (Å²) in [5, 5.41) is 10.9. The number of piperidine rings is 1. The molecule has 0 aliphatic carbocycles. The third kappa shape index (κ3) is 6.09. The predicted molar refractivity (Wildman–Crippen MR) is 115 cm³/mol. The highest BCUT2D eigenvalue weighted by Crippen LogP contribution is 2.18. The van der Waals surface area contributed by atoms with Crippen LogP contribution in [0.3, 0.4) is 0 Å². The quantitative estimate of drug-likeness (QED) is 0.571. The average molecular weight is 383 g/mol. The van der Waals surface area contributed by atoms with Crippen LogP contribution in [0.1, 0.15) is 43.5 Å². The van der Waals surface area contributed by atoms with E-state index in [-0.39, 0.29) is 0 Å². The summed E-state index contributed by atoms with van der Waals surface area (Å²) in [7, 11) is 1.95. The third-order valence-electron chi connectivity index (χ3n) is 5.29. The van der Waals surface area contributed by atoms with E-state index in [2.05, 4.69) is 58.7 Å². The minimum atomic E-state index is 0.668. The van der Waals surface area contributed by atoms with Crippen molar-refractivity contribution in [1.29, 1.82) is 0 Å². The smallest absolute Gasteiger partial charge is 0.191 e. The molecule has 1 aliphatic rings. The van der Waals surface area contributed by atoms with Crippen molar-refractivity contribution in [2.45, 2.75) is 46.3 Å². The summed E-state index contributed by atoms with van der Waals surface area (Å²) in [5.74, 6) is 1.65. The number of aliphatic imine (C=N–C) groups is 1. The van der Waals surface area contributed by atoms with Gasteiger partial charge < -0.3 is 10.6 Å². The van der Waals surface area contributed by atoms with Gasteiger partial charge in [-0.3, -0.25) is 9.58 Å². The first-order chi connectivity index (χ1) is 13.6. The normalized spacial score (nSPS) is 18.2. The Kier molecular flexibility index (Phi) is 7.48. The summed E-state index contributed by atoms with van der Waals surface area (Å²) < 4.78 is 1.87. The lowest BCUT2D eigenvalue weighted by Gasteiger charge is -2.30. The topological polar surface area (TPSA) is 57.5 Å². The van der Waals surface area contributed by atoms with Gasteiger partial charge in [-0.2, -0.15) is 5.10 Å². The van der Waals surface area contributed by atoms with Crippen molar-refractivity contribution in [3.63, 3.8) is 0 Å². The Hall–Kier alpha value is -2.34. The van der Waals surface area contributed by atoms with Crippen LogP contribution in [0.5, 0.6) is 0 Å². The second kappa shape index (κ2) is 10.3. The van der Waals surface area contributed by atoms with E-state index in [1.54, 1.807) is 0 Å². The minimum absolute atomic E-state index is 0.668. The molecule has 1 unspecified atom stereocenters. The molecule has 1 fully saturated rings. The van der Waals surface area contributed by atoms with Crippen LogP contribution in [0.25, 0.3) is 0 Å². The summed E-state index contributed by atoms with van der Waals surface area (Å²) in [6.07, 6.45) is 4.51. The Labute approximate surface area is 169 Å². The molecule has 6 nitrogen and oxygen atoms in total. The van der Waals surface area contributed by atoms with Gasteiger partial charge >= 0.3 is 0 Å². The highest BCUT2D eigenvalue weighted by atomic mass is 15.3. The first kappa shape index (κ1) is 20.4. The highest BCUT2D eigenvalue weighted by molar-refractivity contribution is 5.79. The van der Waals surface area contributed by atoms with Gasteiger partial charge in [-0.05, 0) is 49.4 Å². The maximum atomic E-state index is 4.72. The second-order valence-electron chi connectivity index (χ2n) is 7.79. The molecule has 1 atom stereocenters. The standard InChI is InChI=1S/C22H34N6/c1-4-23-22(25-15-21-11-12-26-27(21)3)24-14-19-7-9-20(10-8-19)17-28-13-5-6-18(2)16-28/h7-12,18H,4-6,13-17H2,1-3H3,(H2,23,24,25). The van der Waals surface area contributed by atoms with E-state index >= 15 is 0 Å². The largest absolute Gasteiger partial charge is 0.357 e. The third-order valence-corrected chi connectivity index (χ3v) is 5.29. The predicted octanol–water partition coefficient (Wildman–Crippen LogP) is 2.91. The van der Waals surface area contributed by atoms with Crippen LogP contribution in [0, 0.1) is 5.92 Å². The summed E-state index contributed by atoms with van der Waals surface area (Å²) in [5.41, 5.74) is 3.75. The van der Waals surface area contributed by atoms with Crippen LogP contribution in [0.2, 0.25) is 0 Å². The van der Waals surface area contributed by atoms with E-state index in [4.69, 9.17) is 4.99 Å². The Bertz CT molecular complexity index is 749. The van der Waals surface area contributed by atoms with Crippen molar-refractivity contribution in [2.75, 3.05) is 19.6 Å². The number of nitrogens with zero attached hydrogens (tertiary/aromatic N) is 4. The maximum absolute atomic E-state index is 4.72. The molecule has 1 aromatic heterocycles. The van der Waals surface area contributed by atoms with Gasteiger partial charge in [0.15, 0.2) is 5.96 Å². The Morgan fingerprint density at radius 2 is 1.96 bits per heavy atom. The molecular formula is C22H34N6. The first-order valence-corrected chi connectivity index (χ1v) is 10.4. The number of likely N-dealkylation sites (tertiary alicyclic amines) is 1. The van der Waals surface area contributed by atoms with E-state index in [1.165, 1.54) is 37.1 Å². The van der Waals surface area contributed by atoms with Crippen LogP contribution in [0.15, 0.2) is 41.5 Å². The number of hydrogen-bond donors (Lipinski definition) is 2. The van der Waals surface area contributed by atoms with Crippen molar-refractivity contribution in [1.82, 2.24) is 25.3 Å². The first-order valence-electron chi connectivity index (χ1n) is 10.4. The number of hydrogen-bond acceptors (Lipinski definition) is 3. The van der Waals surface area contributed by atoms with E-state index in [1.807, 2.05) is 24.0 Å². The van der Waals surface area contributed by atoms with Crippen molar-refractivity contribution in [3.8, 4) is 0 Å². The molecule has 28 heavy (non-hydrogen) atoms. The molecule has 0 radical (unpaired) electrons. The number of guanidine groups is 1. The fraction of sp³-hybridized carbons (Fsp3) is 0.545. The summed E-state index contributed by atoms with van der Waals surface area (Å²) in [6.45, 7) is 10.2. The van der Waals surface area contributed by atoms with E-state index in [0.29, 0.717) is 13.1 Å². The molecule has 1 saturated heterocycles. The van der Waals surface area contributed by atoms with Crippen LogP contribution in [-0.2, 0) is 26.7 Å². The zero-order chi connectivity index (χ0) is 19.8. The van der Waals surface area contributed by atoms with Crippen molar-refractivity contribution >= 4 is 5.96 Å². The van der Waals surface area contributed by atoms with Gasteiger partial charge in [-0.25, -0.2) is 4.99 Å². The van der Waals surface area contributed by atoms with Gasteiger partial charge in [-0.15, -0.1) is 0 Å². The van der Waals surface area contributed by atoms with Gasteiger partial charge in [0.2, 0.25) is 0 Å². The fourth-order valence-electron chi connectivity index (χ4n) is 3.70. The molecule has 0 bridgehead atoms. The van der Waals surface area contributed by atoms with Gasteiger partial charge in [0.1, 0.15) is 0 Å². The molecule has 0 saturated carbocycles. The molecule has 2 aromatic rings. The molecule has 3 rings (SSSR count). The molecule has 0 spiro atoms. The summed E-state index contributed by atoms with van der Waals surface area (Å²) in [4.78, 5) is 7.30. The van der Waals surface area contributed by atoms with Gasteiger partial charge in [0.05, 0.1) is 18.8 Å². The Morgan fingerprint density at radius 3 is 2.64 bits per heavy atom. The van der Waals surface area contributed by atoms with E-state index in [9.17, 15) is 0 Å². The van der Waals surface area contributed by atoms with Gasteiger partial charge in [0, 0.05) is 32.9 Å². The van der Waals surface area contributed by atoms with Crippen LogP contribution in [-0.4, -0.2) is 40.3 Å². The zero-order valence-electron chi connectivity index (χ0n) is 17.5. The Morgan fingerprint density at radius 1 is 1.18 bits per heavy atom. The SMILES string of the molecule is CCNC(=NCc1ccc(CN2CCCC(C)C2)cc1)NCc1ccnn1C. The molecule has 1 aliphatic heterocycles. The molecular weight excluding hydrogens is 348 g/mol. The number of aryl methyl sites for hydroxylation is 1. The average Bonchev–Trinajstić information content (AvgIpc) is 3.10. The highest BCUT2D eigenvalue weighted by Gasteiger charge is 2.16. The summed E-state index contributed by atoms with van der Waals surface area (Å²) in [6, 6.07) is 10.9. The zero-order valence-corrected chi connectivity index (χ0v) is 17.5. The monoisotopic (exact) mass is 382 g/mol. The number of rotatable bonds is 7. The molecule has 152 valence electrons. The number of nitrogens with one attached hydrogen (secondary N) is 2. The van der Waals surface area contributed by atoms with Crippen LogP contribution >= 0.6 is 0 Å². The number of aromatic nitrogens is 2. The van der Waals surface area contributed by atoms with Gasteiger partial charge in [0.25, 0.3) is 0 Å². The van der Waals surface area contributed by atoms with Crippen molar-refractivity contribution < 1.29 is 0 Å². The minimum Gasteiger partial charge on any atom is -0.357 e. The Balaban J connectivity index is 1.52. The molecule has 1 aromatic carbocycles. The molecule has 0 amide bonds. The second-order valence-corrected chi connectivity index (χ2v) is 7.79. The maximum Gasteiger partial charge on any atom is 0.191 e. The lowest BCUT2D eigenvalue weighted by Crippen LogP contribution is -2.37. The van der Waals surface area contributed by atoms with Crippen molar-refractivity contribution in [3.05, 3.63) is 53.3 Å². The molecule has 6 heteroatoms. The van der Waals surface area contributed by atoms with Crippen LogP contribution in [0.4, 0.5) is 0 Å². The van der Waals surface area contributed by atoms with E-state index in [0.717, 1.165) is 30.7 Å². The lowest BCUT2D eigenvalue weighted by atomic mass is 9.99. The van der Waals surface area contributed by atoms with Gasteiger partial charge in [-0.1, -0.05) is 31.2 Å². The summed E-state index contributed by atoms with van der Waals surface area (Å²) >= 11 is 0. The molecule has 2 heterocycles. The van der Waals surface area contributed by atoms with Crippen LogP contribution < -0.4 is 10.6 Å². The van der Waals surface area contributed by atoms with E-state index < -0.39 is 0 Å². The number of benzene rings is 1. The van der Waals surface area contributed by atoms with Crippen molar-refractivity contribution in [2.24, 2.45) is 18.0 Å².